The summed E-state index contributed by atoms with van der Waals surface area (Å²) in [5.74, 6) is -0.993. The van der Waals surface area contributed by atoms with E-state index in [0.29, 0.717) is 23.3 Å². The van der Waals surface area contributed by atoms with Crippen molar-refractivity contribution in [2.24, 2.45) is 56.2 Å². The van der Waals surface area contributed by atoms with Gasteiger partial charge in [-0.3, -0.25) is 19.2 Å². The number of aliphatic hydroxyl groups is 2. The molecule has 0 bridgehead atoms. The number of carboxylic acids is 1. The lowest BCUT2D eigenvalue weighted by molar-refractivity contribution is -0.235. The van der Waals surface area contributed by atoms with Crippen LogP contribution in [0.2, 0.25) is 5.02 Å². The Bertz CT molecular complexity index is 1770. The summed E-state index contributed by atoms with van der Waals surface area (Å²) in [6, 6.07) is 7.21. The first-order valence-corrected chi connectivity index (χ1v) is 21.4. The third-order valence-corrected chi connectivity index (χ3v) is 16.9. The number of fused-ring (bicyclic) bond motifs is 7. The molecule has 6 rings (SSSR count). The van der Waals surface area contributed by atoms with Crippen LogP contribution >= 0.6 is 11.6 Å². The van der Waals surface area contributed by atoms with E-state index in [2.05, 4.69) is 48.5 Å². The molecule has 0 spiro atoms. The van der Waals surface area contributed by atoms with Gasteiger partial charge in [0.25, 0.3) is 0 Å². The van der Waals surface area contributed by atoms with Crippen molar-refractivity contribution >= 4 is 35.2 Å². The second-order valence-corrected chi connectivity index (χ2v) is 21.1. The second kappa shape index (κ2) is 14.8. The number of allylic oxidation sites excluding steroid dienone is 1. The van der Waals surface area contributed by atoms with Crippen LogP contribution in [0.25, 0.3) is 0 Å². The van der Waals surface area contributed by atoms with E-state index in [1.807, 2.05) is 12.1 Å². The number of amides is 1. The predicted molar refractivity (Wildman–Crippen MR) is 215 cm³/mol. The number of carbonyl (C=O) groups is 4. The third kappa shape index (κ3) is 6.77. The van der Waals surface area contributed by atoms with Gasteiger partial charge in [0, 0.05) is 35.4 Å². The zero-order chi connectivity index (χ0) is 41.4. The van der Waals surface area contributed by atoms with Crippen LogP contribution in [0.1, 0.15) is 132 Å². The summed E-state index contributed by atoms with van der Waals surface area (Å²) in [5.41, 5.74) is 0.393. The van der Waals surface area contributed by atoms with E-state index in [-0.39, 0.29) is 71.3 Å². The smallest absolute Gasteiger partial charge is 0.309 e. The average molecular weight is 796 g/mol. The number of esters is 1. The van der Waals surface area contributed by atoms with Gasteiger partial charge in [-0.25, -0.2) is 0 Å². The van der Waals surface area contributed by atoms with Crippen LogP contribution in [0, 0.1) is 56.2 Å². The molecule has 9 atom stereocenters. The lowest BCUT2D eigenvalue weighted by atomic mass is 9.33. The van der Waals surface area contributed by atoms with Crippen molar-refractivity contribution in [3.63, 3.8) is 0 Å². The fraction of sp³-hybridized carbons (Fsp3) is 0.739. The van der Waals surface area contributed by atoms with Gasteiger partial charge in [0.15, 0.2) is 5.78 Å². The highest BCUT2D eigenvalue weighted by atomic mass is 35.5. The first-order chi connectivity index (χ1) is 26.0. The first-order valence-electron chi connectivity index (χ1n) is 21.0. The number of aliphatic hydroxyl groups excluding tert-OH is 2. The molecule has 0 aromatic heterocycles. The normalized spacial score (nSPS) is 35.6. The lowest BCUT2D eigenvalue weighted by Crippen LogP contribution is -2.66. The van der Waals surface area contributed by atoms with Crippen LogP contribution < -0.4 is 0 Å². The average Bonchev–Trinajstić information content (AvgIpc) is 3.43. The number of ether oxygens (including phenoxy) is 1. The maximum absolute atomic E-state index is 14.2. The highest BCUT2D eigenvalue weighted by Crippen LogP contribution is 2.77. The number of halogens is 1. The Morgan fingerprint density at radius 2 is 1.59 bits per heavy atom. The summed E-state index contributed by atoms with van der Waals surface area (Å²) in [4.78, 5) is 53.8. The number of hydrogen-bond acceptors (Lipinski definition) is 7. The molecule has 0 heterocycles. The van der Waals surface area contributed by atoms with Gasteiger partial charge >= 0.3 is 11.9 Å². The van der Waals surface area contributed by atoms with Crippen molar-refractivity contribution in [1.82, 2.24) is 4.90 Å². The summed E-state index contributed by atoms with van der Waals surface area (Å²) >= 11 is 6.13. The number of benzene rings is 1. The molecule has 9 nitrogen and oxygen atoms in total. The monoisotopic (exact) mass is 795 g/mol. The molecule has 3 N–H and O–H groups in total. The van der Waals surface area contributed by atoms with Crippen LogP contribution in [-0.4, -0.2) is 69.2 Å². The number of Topliss-reactive ketones (excluding diaryl/α,β-unsaturated/α-hetero) is 1. The van der Waals surface area contributed by atoms with Crippen molar-refractivity contribution < 1.29 is 39.2 Å². The third-order valence-electron chi connectivity index (χ3n) is 16.7. The van der Waals surface area contributed by atoms with Gasteiger partial charge in [-0.1, -0.05) is 77.8 Å². The minimum absolute atomic E-state index is 0.00295. The largest absolute Gasteiger partial charge is 0.481 e. The topological polar surface area (TPSA) is 141 Å². The number of ketones is 1. The molecular formula is C46H66ClNO8. The molecule has 0 aliphatic heterocycles. The predicted octanol–water partition coefficient (Wildman–Crippen LogP) is 8.42. The quantitative estimate of drug-likeness (QED) is 0.190. The zero-order valence-corrected chi connectivity index (χ0v) is 35.9. The minimum Gasteiger partial charge on any atom is -0.481 e. The molecule has 56 heavy (non-hydrogen) atoms. The Hall–Kier alpha value is -2.75. The van der Waals surface area contributed by atoms with Crippen LogP contribution in [0.4, 0.5) is 0 Å². The molecular weight excluding hydrogens is 730 g/mol. The number of nitrogens with zero attached hydrogens (tertiary/aromatic N) is 1. The van der Waals surface area contributed by atoms with Gasteiger partial charge in [0.05, 0.1) is 17.9 Å². The van der Waals surface area contributed by atoms with Crippen molar-refractivity contribution in [3.8, 4) is 0 Å². The molecule has 0 saturated heterocycles. The van der Waals surface area contributed by atoms with Gasteiger partial charge < -0.3 is 25.0 Å². The maximum atomic E-state index is 14.2. The molecule has 4 saturated carbocycles. The molecule has 1 aromatic rings. The molecule has 5 aliphatic rings. The SMILES string of the molecule is CC(C)C1=C2[C@H]3CC[C@@H]4[C@@]5(C)CCC(OC(=O)CC(C)(C)C(=O)O)C(C)(C)[C@@H]5CC[C@@]4(C)[C@]3(C)CC[C@@]2([C@@H](O)CN(Cc2ccc(Cl)cc2)C(=O)CO)CC1=O. The summed E-state index contributed by atoms with van der Waals surface area (Å²) in [6.07, 6.45) is 5.88. The van der Waals surface area contributed by atoms with Gasteiger partial charge in [-0.15, -0.1) is 0 Å². The van der Waals surface area contributed by atoms with E-state index < -0.39 is 41.4 Å². The fourth-order valence-corrected chi connectivity index (χ4v) is 13.6. The van der Waals surface area contributed by atoms with E-state index in [0.717, 1.165) is 61.7 Å². The summed E-state index contributed by atoms with van der Waals surface area (Å²) in [6.45, 7) is 18.8. The van der Waals surface area contributed by atoms with E-state index in [4.69, 9.17) is 16.3 Å². The minimum atomic E-state index is -1.19. The maximum Gasteiger partial charge on any atom is 0.309 e. The summed E-state index contributed by atoms with van der Waals surface area (Å²) < 4.78 is 6.16. The Balaban J connectivity index is 1.29. The molecule has 0 radical (unpaired) electrons. The van der Waals surface area contributed by atoms with Gasteiger partial charge in [0.1, 0.15) is 12.7 Å². The van der Waals surface area contributed by atoms with Crippen LogP contribution in [0.15, 0.2) is 35.4 Å². The Morgan fingerprint density at radius 1 is 0.929 bits per heavy atom. The van der Waals surface area contributed by atoms with Gasteiger partial charge in [0.2, 0.25) is 5.91 Å². The van der Waals surface area contributed by atoms with Gasteiger partial charge in [-0.05, 0) is 128 Å². The number of carbonyl (C=O) groups excluding carboxylic acids is 3. The molecule has 1 aromatic carbocycles. The summed E-state index contributed by atoms with van der Waals surface area (Å²) in [5, 5.41) is 32.6. The number of rotatable bonds is 11. The van der Waals surface area contributed by atoms with Crippen molar-refractivity contribution in [1.29, 1.82) is 0 Å². The van der Waals surface area contributed by atoms with E-state index in [1.165, 1.54) is 4.90 Å². The number of hydrogen-bond donors (Lipinski definition) is 3. The highest BCUT2D eigenvalue weighted by molar-refractivity contribution is 6.30. The second-order valence-electron chi connectivity index (χ2n) is 20.6. The van der Waals surface area contributed by atoms with Gasteiger partial charge in [-0.2, -0.15) is 0 Å². The first kappa shape index (κ1) is 42.8. The fourth-order valence-electron chi connectivity index (χ4n) is 13.5. The van der Waals surface area contributed by atoms with Crippen molar-refractivity contribution in [2.75, 3.05) is 13.2 Å². The molecule has 4 fully saturated rings. The van der Waals surface area contributed by atoms with E-state index in [1.54, 1.807) is 26.0 Å². The Labute approximate surface area is 339 Å². The Kier molecular flexibility index (Phi) is 11.3. The summed E-state index contributed by atoms with van der Waals surface area (Å²) in [7, 11) is 0. The highest BCUT2D eigenvalue weighted by Gasteiger charge is 2.71. The molecule has 5 aliphatic carbocycles. The standard InChI is InChI=1S/C46H66ClNO8/c1-27(2)38-31(50)22-46(34(51)25-48(36(52)26-49)24-28-10-12-29(47)13-11-28)21-20-44(8)30(39(38)46)14-15-33-43(7)18-17-35(56-37(53)23-41(3,4)40(54)55)42(5,6)32(43)16-19-45(33,44)9/h10-13,27,30,32-35,49,51H,14-26H2,1-9H3,(H,54,55)/t30-,32+,33-,34+,35?,43+,44-,45-,46+/m1/s1. The molecule has 310 valence electrons. The Morgan fingerprint density at radius 3 is 2.20 bits per heavy atom. The number of carboxylic acid groups (broad SMARTS) is 1. The van der Waals surface area contributed by atoms with Crippen LogP contribution in [-0.2, 0) is 30.5 Å². The molecule has 1 amide bonds. The van der Waals surface area contributed by atoms with Crippen LogP contribution in [0.5, 0.6) is 0 Å². The van der Waals surface area contributed by atoms with Crippen molar-refractivity contribution in [2.45, 2.75) is 145 Å². The van der Waals surface area contributed by atoms with E-state index in [9.17, 15) is 34.5 Å². The van der Waals surface area contributed by atoms with E-state index >= 15 is 0 Å². The molecule has 10 heteroatoms. The van der Waals surface area contributed by atoms with Crippen LogP contribution in [0.3, 0.4) is 0 Å². The molecule has 1 unspecified atom stereocenters. The number of aliphatic carboxylic acids is 1. The van der Waals surface area contributed by atoms with Crippen molar-refractivity contribution in [3.05, 3.63) is 46.0 Å². The zero-order valence-electron chi connectivity index (χ0n) is 35.2. The lowest BCUT2D eigenvalue weighted by Gasteiger charge is -2.72.